The first-order chi connectivity index (χ1) is 16.5. The van der Waals surface area contributed by atoms with Gasteiger partial charge in [-0.15, -0.1) is 0 Å². The number of nitrogens with one attached hydrogen (secondary N) is 1. The van der Waals surface area contributed by atoms with Crippen molar-refractivity contribution in [2.75, 3.05) is 6.61 Å². The zero-order valence-corrected chi connectivity index (χ0v) is 20.0. The van der Waals surface area contributed by atoms with Gasteiger partial charge in [-0.05, 0) is 80.8 Å². The summed E-state index contributed by atoms with van der Waals surface area (Å²) in [6.07, 6.45) is 1.47. The monoisotopic (exact) mass is 536 g/mol. The average Bonchev–Trinajstić information content (AvgIpc) is 2.85. The molecule has 0 unspecified atom stereocenters. The van der Waals surface area contributed by atoms with Crippen LogP contribution < -0.4 is 14.9 Å². The number of ether oxygens (including phenoxy) is 2. The van der Waals surface area contributed by atoms with Gasteiger partial charge in [0.1, 0.15) is 11.5 Å². The summed E-state index contributed by atoms with van der Waals surface area (Å²) >= 11 is 9.23. The molecule has 0 aliphatic carbocycles. The van der Waals surface area contributed by atoms with E-state index in [9.17, 15) is 9.59 Å². The lowest BCUT2D eigenvalue weighted by atomic mass is 10.0. The Morgan fingerprint density at radius 3 is 2.53 bits per heavy atom. The number of halogens is 2. The molecule has 4 rings (SSSR count). The topological polar surface area (TPSA) is 77.0 Å². The van der Waals surface area contributed by atoms with Crippen LogP contribution in [0.4, 0.5) is 0 Å². The minimum atomic E-state index is -0.452. The zero-order valence-electron chi connectivity index (χ0n) is 17.7. The summed E-state index contributed by atoms with van der Waals surface area (Å²) in [6, 6.07) is 24.9. The van der Waals surface area contributed by atoms with E-state index in [4.69, 9.17) is 21.1 Å². The lowest BCUT2D eigenvalue weighted by Crippen LogP contribution is -2.24. The summed E-state index contributed by atoms with van der Waals surface area (Å²) in [7, 11) is 0. The smallest absolute Gasteiger partial charge is 0.344 e. The maximum atomic E-state index is 12.8. The van der Waals surface area contributed by atoms with Gasteiger partial charge in [0, 0.05) is 5.02 Å². The van der Waals surface area contributed by atoms with Crippen molar-refractivity contribution < 1.29 is 19.1 Å². The SMILES string of the molecule is O=C(COc1ccc(Cl)cc1)N/N=C\c1ccc(OC(=O)c2cccc3ccccc23)c(Br)c1. The second-order valence-electron chi connectivity index (χ2n) is 7.14. The van der Waals surface area contributed by atoms with Gasteiger partial charge in [-0.25, -0.2) is 10.2 Å². The Balaban J connectivity index is 1.34. The molecule has 0 spiro atoms. The van der Waals surface area contributed by atoms with Gasteiger partial charge >= 0.3 is 5.97 Å². The molecule has 8 heteroatoms. The number of benzene rings is 4. The highest BCUT2D eigenvalue weighted by atomic mass is 79.9. The molecule has 0 aliphatic heterocycles. The van der Waals surface area contributed by atoms with Crippen LogP contribution in [-0.2, 0) is 4.79 Å². The third kappa shape index (κ3) is 6.01. The first-order valence-corrected chi connectivity index (χ1v) is 11.4. The van der Waals surface area contributed by atoms with Crippen molar-refractivity contribution in [2.45, 2.75) is 0 Å². The van der Waals surface area contributed by atoms with Crippen molar-refractivity contribution >= 4 is 56.4 Å². The Morgan fingerprint density at radius 2 is 1.74 bits per heavy atom. The highest BCUT2D eigenvalue weighted by Gasteiger charge is 2.14. The Kier molecular flexibility index (Phi) is 7.57. The van der Waals surface area contributed by atoms with E-state index in [0.29, 0.717) is 32.1 Å². The van der Waals surface area contributed by atoms with Crippen molar-refractivity contribution in [1.29, 1.82) is 0 Å². The zero-order chi connectivity index (χ0) is 23.9. The Labute approximate surface area is 209 Å². The lowest BCUT2D eigenvalue weighted by Gasteiger charge is -2.09. The number of esters is 1. The van der Waals surface area contributed by atoms with Crippen molar-refractivity contribution in [2.24, 2.45) is 5.10 Å². The first-order valence-electron chi connectivity index (χ1n) is 10.2. The summed E-state index contributed by atoms with van der Waals surface area (Å²) in [5.74, 6) is 0.0364. The van der Waals surface area contributed by atoms with Gasteiger partial charge in [0.15, 0.2) is 6.61 Å². The Morgan fingerprint density at radius 1 is 0.971 bits per heavy atom. The molecule has 0 heterocycles. The molecule has 34 heavy (non-hydrogen) atoms. The summed E-state index contributed by atoms with van der Waals surface area (Å²) < 4.78 is 11.5. The highest BCUT2D eigenvalue weighted by molar-refractivity contribution is 9.10. The van der Waals surface area contributed by atoms with Crippen LogP contribution in [0.1, 0.15) is 15.9 Å². The van der Waals surface area contributed by atoms with Crippen LogP contribution in [0.25, 0.3) is 10.8 Å². The van der Waals surface area contributed by atoms with Gasteiger partial charge in [-0.1, -0.05) is 48.0 Å². The minimum Gasteiger partial charge on any atom is -0.484 e. The lowest BCUT2D eigenvalue weighted by molar-refractivity contribution is -0.123. The van der Waals surface area contributed by atoms with Gasteiger partial charge in [0.2, 0.25) is 0 Å². The second kappa shape index (κ2) is 11.0. The number of rotatable bonds is 7. The number of hydrogen-bond donors (Lipinski definition) is 1. The van der Waals surface area contributed by atoms with E-state index in [1.807, 2.05) is 36.4 Å². The summed E-state index contributed by atoms with van der Waals surface area (Å²) in [5, 5.41) is 6.30. The predicted octanol–water partition coefficient (Wildman–Crippen LogP) is 6.00. The van der Waals surface area contributed by atoms with Crippen molar-refractivity contribution in [3.05, 3.63) is 106 Å². The fraction of sp³-hybridized carbons (Fsp3) is 0.0385. The van der Waals surface area contributed by atoms with Gasteiger partial charge in [0.25, 0.3) is 5.91 Å². The van der Waals surface area contributed by atoms with Crippen molar-refractivity contribution in [1.82, 2.24) is 5.43 Å². The van der Waals surface area contributed by atoms with E-state index < -0.39 is 11.9 Å². The Bertz CT molecular complexity index is 1370. The van der Waals surface area contributed by atoms with Crippen LogP contribution in [-0.4, -0.2) is 24.7 Å². The number of carbonyl (C=O) groups excluding carboxylic acids is 2. The first kappa shape index (κ1) is 23.5. The maximum absolute atomic E-state index is 12.8. The molecular weight excluding hydrogens is 520 g/mol. The largest absolute Gasteiger partial charge is 0.484 e. The van der Waals surface area contributed by atoms with Crippen LogP contribution in [0.2, 0.25) is 5.02 Å². The fourth-order valence-electron chi connectivity index (χ4n) is 3.13. The molecule has 0 saturated carbocycles. The molecule has 0 aromatic heterocycles. The molecule has 4 aromatic rings. The Hall–Kier alpha value is -3.68. The van der Waals surface area contributed by atoms with E-state index in [-0.39, 0.29) is 6.61 Å². The maximum Gasteiger partial charge on any atom is 0.344 e. The molecule has 1 amide bonds. The van der Waals surface area contributed by atoms with E-state index in [2.05, 4.69) is 26.5 Å². The van der Waals surface area contributed by atoms with Crippen LogP contribution in [0.15, 0.2) is 94.5 Å². The van der Waals surface area contributed by atoms with Gasteiger partial charge in [0.05, 0.1) is 16.3 Å². The highest BCUT2D eigenvalue weighted by Crippen LogP contribution is 2.27. The number of nitrogens with zero attached hydrogens (tertiary/aromatic N) is 1. The molecule has 1 N–H and O–H groups in total. The van der Waals surface area contributed by atoms with Gasteiger partial charge in [-0.3, -0.25) is 4.79 Å². The quantitative estimate of drug-likeness (QED) is 0.136. The molecular formula is C26H18BrClN2O4. The number of fused-ring (bicyclic) bond motifs is 1. The normalized spacial score (nSPS) is 10.9. The second-order valence-corrected chi connectivity index (χ2v) is 8.43. The van der Waals surface area contributed by atoms with Crippen LogP contribution in [0.3, 0.4) is 0 Å². The van der Waals surface area contributed by atoms with Gasteiger partial charge in [-0.2, -0.15) is 5.10 Å². The molecule has 0 atom stereocenters. The van der Waals surface area contributed by atoms with E-state index in [1.165, 1.54) is 6.21 Å². The molecule has 0 fully saturated rings. The molecule has 170 valence electrons. The number of carbonyl (C=O) groups is 2. The third-order valence-electron chi connectivity index (χ3n) is 4.75. The minimum absolute atomic E-state index is 0.189. The predicted molar refractivity (Wildman–Crippen MR) is 136 cm³/mol. The molecule has 0 aliphatic rings. The molecule has 4 aromatic carbocycles. The number of amides is 1. The van der Waals surface area contributed by atoms with E-state index in [0.717, 1.165) is 10.8 Å². The van der Waals surface area contributed by atoms with Crippen LogP contribution in [0.5, 0.6) is 11.5 Å². The number of hydrogen-bond acceptors (Lipinski definition) is 5. The molecule has 0 bridgehead atoms. The standard InChI is InChI=1S/C26H18BrClN2O4/c27-23-14-17(15-29-30-25(31)16-33-20-11-9-19(28)10-12-20)8-13-24(23)34-26(32)22-7-3-5-18-4-1-2-6-21(18)22/h1-15H,16H2,(H,30,31)/b29-15-. The third-order valence-corrected chi connectivity index (χ3v) is 5.63. The summed E-state index contributed by atoms with van der Waals surface area (Å²) in [4.78, 5) is 24.7. The molecule has 0 saturated heterocycles. The molecule has 0 radical (unpaired) electrons. The van der Waals surface area contributed by atoms with E-state index in [1.54, 1.807) is 48.5 Å². The summed E-state index contributed by atoms with van der Waals surface area (Å²) in [5.41, 5.74) is 3.57. The van der Waals surface area contributed by atoms with Crippen molar-refractivity contribution in [3.63, 3.8) is 0 Å². The summed E-state index contributed by atoms with van der Waals surface area (Å²) in [6.45, 7) is -0.189. The van der Waals surface area contributed by atoms with Crippen LogP contribution in [0, 0.1) is 0 Å². The average molecular weight is 538 g/mol. The van der Waals surface area contributed by atoms with Gasteiger partial charge < -0.3 is 9.47 Å². The van der Waals surface area contributed by atoms with E-state index >= 15 is 0 Å². The number of hydrazone groups is 1. The van der Waals surface area contributed by atoms with Crippen molar-refractivity contribution in [3.8, 4) is 11.5 Å². The fourth-order valence-corrected chi connectivity index (χ4v) is 3.73. The molecule has 6 nitrogen and oxygen atoms in total. The van der Waals surface area contributed by atoms with Crippen LogP contribution >= 0.6 is 27.5 Å².